The average Bonchev–Trinajstić information content (AvgIpc) is 2.57. The molecule has 1 aromatic rings. The van der Waals surface area contributed by atoms with Gasteiger partial charge in [0.05, 0.1) is 18.3 Å². The van der Waals surface area contributed by atoms with E-state index in [4.69, 9.17) is 14.5 Å². The maximum absolute atomic E-state index is 11.9. The average molecular weight is 320 g/mol. The van der Waals surface area contributed by atoms with Crippen LogP contribution < -0.4 is 5.19 Å². The van der Waals surface area contributed by atoms with Crippen LogP contribution in [-0.2, 0) is 14.5 Å². The molecule has 5 heteroatoms. The molecule has 0 saturated heterocycles. The van der Waals surface area contributed by atoms with E-state index in [1.807, 2.05) is 30.5 Å². The molecule has 1 aromatic carbocycles. The minimum atomic E-state index is -1.85. The van der Waals surface area contributed by atoms with Crippen molar-refractivity contribution in [2.75, 3.05) is 13.7 Å². The lowest BCUT2D eigenvalue weighted by molar-refractivity contribution is -0.244. The molecule has 0 heterocycles. The van der Waals surface area contributed by atoms with Crippen LogP contribution >= 0.6 is 0 Å². The predicted octanol–water partition coefficient (Wildman–Crippen LogP) is 2.94. The summed E-state index contributed by atoms with van der Waals surface area (Å²) in [6.07, 6.45) is 0.726. The third-order valence-corrected chi connectivity index (χ3v) is 7.01. The van der Waals surface area contributed by atoms with Crippen molar-refractivity contribution in [1.29, 1.82) is 0 Å². The van der Waals surface area contributed by atoms with Gasteiger partial charge in [0.2, 0.25) is 0 Å². The zero-order chi connectivity index (χ0) is 16.6. The van der Waals surface area contributed by atoms with Gasteiger partial charge in [0.15, 0.2) is 0 Å². The van der Waals surface area contributed by atoms with Gasteiger partial charge in [-0.2, -0.15) is 4.89 Å². The Bertz CT molecular complexity index is 502. The molecule has 1 unspecified atom stereocenters. The molecule has 0 bridgehead atoms. The number of rotatable bonds is 9. The Morgan fingerprint density at radius 1 is 1.27 bits per heavy atom. The van der Waals surface area contributed by atoms with Crippen molar-refractivity contribution in [2.45, 2.75) is 26.0 Å². The zero-order valence-electron chi connectivity index (χ0n) is 13.5. The minimum Gasteiger partial charge on any atom is -0.382 e. The standard InChI is InChI=1S/C17H24O4Si/c1-6-22(5,7-2)16-10-8-15(9-11-16)17(18)21-20-13-12-14(3)19-4/h6-11,14H,1-2,12-13H2,3-5H3. The molecule has 0 radical (unpaired) electrons. The van der Waals surface area contributed by atoms with Crippen LogP contribution in [0, 0.1) is 0 Å². The largest absolute Gasteiger partial charge is 0.382 e. The fourth-order valence-electron chi connectivity index (χ4n) is 1.76. The van der Waals surface area contributed by atoms with E-state index in [9.17, 15) is 4.79 Å². The molecule has 0 fully saturated rings. The van der Waals surface area contributed by atoms with Gasteiger partial charge < -0.3 is 4.74 Å². The molecule has 120 valence electrons. The molecular formula is C17H24O4Si. The first-order chi connectivity index (χ1) is 10.5. The molecule has 0 saturated carbocycles. The van der Waals surface area contributed by atoms with Gasteiger partial charge in [0.25, 0.3) is 0 Å². The molecule has 1 atom stereocenters. The van der Waals surface area contributed by atoms with Crippen molar-refractivity contribution in [3.8, 4) is 0 Å². The second-order valence-corrected chi connectivity index (χ2v) is 9.26. The van der Waals surface area contributed by atoms with E-state index in [2.05, 4.69) is 19.7 Å². The van der Waals surface area contributed by atoms with Crippen LogP contribution in [0.25, 0.3) is 0 Å². The highest BCUT2D eigenvalue weighted by atomic mass is 28.3. The summed E-state index contributed by atoms with van der Waals surface area (Å²) in [4.78, 5) is 21.5. The Morgan fingerprint density at radius 3 is 2.36 bits per heavy atom. The Morgan fingerprint density at radius 2 is 1.86 bits per heavy atom. The summed E-state index contributed by atoms with van der Waals surface area (Å²) in [7, 11) is -0.222. The van der Waals surface area contributed by atoms with E-state index in [1.54, 1.807) is 19.2 Å². The van der Waals surface area contributed by atoms with E-state index in [0.717, 1.165) is 5.19 Å². The van der Waals surface area contributed by atoms with Crippen molar-refractivity contribution >= 4 is 19.2 Å². The van der Waals surface area contributed by atoms with Crippen LogP contribution in [-0.4, -0.2) is 33.9 Å². The van der Waals surface area contributed by atoms with E-state index in [1.165, 1.54) is 0 Å². The molecule has 0 spiro atoms. The van der Waals surface area contributed by atoms with E-state index in [-0.39, 0.29) is 6.10 Å². The lowest BCUT2D eigenvalue weighted by Crippen LogP contribution is -2.40. The summed E-state index contributed by atoms with van der Waals surface area (Å²) >= 11 is 0. The number of hydrogen-bond acceptors (Lipinski definition) is 4. The van der Waals surface area contributed by atoms with Crippen LogP contribution in [0.1, 0.15) is 23.7 Å². The summed E-state index contributed by atoms with van der Waals surface area (Å²) < 4.78 is 5.08. The van der Waals surface area contributed by atoms with Gasteiger partial charge >= 0.3 is 5.97 Å². The summed E-state index contributed by atoms with van der Waals surface area (Å²) in [5.74, 6) is -0.503. The normalized spacial score (nSPS) is 12.5. The molecule has 0 aliphatic heterocycles. The highest BCUT2D eigenvalue weighted by Gasteiger charge is 2.22. The fraction of sp³-hybridized carbons (Fsp3) is 0.353. The Balaban J connectivity index is 2.57. The monoisotopic (exact) mass is 320 g/mol. The molecule has 4 nitrogen and oxygen atoms in total. The quantitative estimate of drug-likeness (QED) is 0.304. The van der Waals surface area contributed by atoms with Gasteiger partial charge in [0.1, 0.15) is 8.07 Å². The van der Waals surface area contributed by atoms with Gasteiger partial charge in [-0.3, -0.25) is 4.89 Å². The molecule has 0 aliphatic carbocycles. The molecule has 0 amide bonds. The minimum absolute atomic E-state index is 0.0680. The summed E-state index contributed by atoms with van der Waals surface area (Å²) in [6.45, 7) is 12.1. The van der Waals surface area contributed by atoms with Crippen molar-refractivity contribution in [2.24, 2.45) is 0 Å². The van der Waals surface area contributed by atoms with E-state index in [0.29, 0.717) is 18.6 Å². The van der Waals surface area contributed by atoms with Crippen LogP contribution in [0.2, 0.25) is 6.55 Å². The maximum Gasteiger partial charge on any atom is 0.373 e. The zero-order valence-corrected chi connectivity index (χ0v) is 14.5. The molecule has 0 N–H and O–H groups in total. The predicted molar refractivity (Wildman–Crippen MR) is 90.5 cm³/mol. The van der Waals surface area contributed by atoms with Crippen LogP contribution in [0.5, 0.6) is 0 Å². The van der Waals surface area contributed by atoms with Crippen LogP contribution in [0.15, 0.2) is 48.8 Å². The first-order valence-electron chi connectivity index (χ1n) is 7.21. The molecular weight excluding hydrogens is 296 g/mol. The summed E-state index contributed by atoms with van der Waals surface area (Å²) in [5, 5.41) is 1.14. The van der Waals surface area contributed by atoms with Crippen molar-refractivity contribution in [1.82, 2.24) is 0 Å². The second kappa shape index (κ2) is 8.68. The SMILES string of the molecule is C=C[Si](C)(C=C)c1ccc(C(=O)OOCCC(C)OC)cc1. The first-order valence-corrected chi connectivity index (χ1v) is 9.86. The molecule has 1 rings (SSSR count). The van der Waals surface area contributed by atoms with Crippen molar-refractivity contribution < 1.29 is 19.3 Å². The highest BCUT2D eigenvalue weighted by Crippen LogP contribution is 2.09. The van der Waals surface area contributed by atoms with Crippen LogP contribution in [0.4, 0.5) is 0 Å². The van der Waals surface area contributed by atoms with E-state index < -0.39 is 14.0 Å². The van der Waals surface area contributed by atoms with Crippen molar-refractivity contribution in [3.05, 3.63) is 54.4 Å². The van der Waals surface area contributed by atoms with Gasteiger partial charge in [-0.25, -0.2) is 4.79 Å². The molecule has 0 aliphatic rings. The smallest absolute Gasteiger partial charge is 0.373 e. The number of hydrogen-bond donors (Lipinski definition) is 0. The topological polar surface area (TPSA) is 44.8 Å². The summed E-state index contributed by atoms with van der Waals surface area (Å²) in [6, 6.07) is 7.30. The number of benzene rings is 1. The maximum atomic E-state index is 11.9. The Kier molecular flexibility index (Phi) is 7.24. The number of carbonyl (C=O) groups is 1. The van der Waals surface area contributed by atoms with Crippen molar-refractivity contribution in [3.63, 3.8) is 0 Å². The van der Waals surface area contributed by atoms with E-state index >= 15 is 0 Å². The number of ether oxygens (including phenoxy) is 1. The van der Waals surface area contributed by atoms with Gasteiger partial charge in [-0.1, -0.05) is 35.3 Å². The summed E-state index contributed by atoms with van der Waals surface area (Å²) in [5.41, 5.74) is 4.36. The Labute approximate surface area is 133 Å². The number of methoxy groups -OCH3 is 1. The Hall–Kier alpha value is -1.69. The lowest BCUT2D eigenvalue weighted by Gasteiger charge is -2.19. The molecule has 0 aromatic heterocycles. The van der Waals surface area contributed by atoms with Crippen LogP contribution in [0.3, 0.4) is 0 Å². The second-order valence-electron chi connectivity index (χ2n) is 5.30. The lowest BCUT2D eigenvalue weighted by atomic mass is 10.2. The highest BCUT2D eigenvalue weighted by molar-refractivity contribution is 6.98. The fourth-order valence-corrected chi connectivity index (χ4v) is 3.28. The number of carbonyl (C=O) groups excluding carboxylic acids is 1. The first kappa shape index (κ1) is 18.4. The third-order valence-electron chi connectivity index (χ3n) is 3.74. The third kappa shape index (κ3) is 4.94. The van der Waals surface area contributed by atoms with Gasteiger partial charge in [0, 0.05) is 13.5 Å². The van der Waals surface area contributed by atoms with Gasteiger partial charge in [-0.05, 0) is 19.1 Å². The van der Waals surface area contributed by atoms with Gasteiger partial charge in [-0.15, -0.1) is 13.2 Å². The molecule has 22 heavy (non-hydrogen) atoms.